The normalized spacial score (nSPS) is 12.1. The number of nitrogens with one attached hydrogen (secondary N) is 1. The first kappa shape index (κ1) is 11.4. The van der Waals surface area contributed by atoms with Crippen molar-refractivity contribution in [2.45, 2.75) is 19.4 Å². The maximum atomic E-state index is 5.50. The van der Waals surface area contributed by atoms with Crippen molar-refractivity contribution in [3.05, 3.63) is 48.0 Å². The average molecular weight is 228 g/mol. The maximum Gasteiger partial charge on any atom is 0.149 e. The lowest BCUT2D eigenvalue weighted by atomic mass is 10.0. The lowest BCUT2D eigenvalue weighted by Crippen LogP contribution is -2.11. The van der Waals surface area contributed by atoms with E-state index in [0.29, 0.717) is 5.82 Å². The molecule has 0 radical (unpaired) electrons. The van der Waals surface area contributed by atoms with Crippen LogP contribution in [0.3, 0.4) is 0 Å². The number of nitrogens with two attached hydrogens (primary N) is 1. The molecule has 2 rings (SSSR count). The highest BCUT2D eigenvalue weighted by Crippen LogP contribution is 2.20. The van der Waals surface area contributed by atoms with Crippen LogP contribution >= 0.6 is 0 Å². The molecule has 0 saturated carbocycles. The Morgan fingerprint density at radius 2 is 1.88 bits per heavy atom. The van der Waals surface area contributed by atoms with Crippen LogP contribution < -0.4 is 11.1 Å². The molecule has 0 amide bonds. The van der Waals surface area contributed by atoms with Crippen LogP contribution in [-0.2, 0) is 0 Å². The summed E-state index contributed by atoms with van der Waals surface area (Å²) >= 11 is 0. The lowest BCUT2D eigenvalue weighted by Gasteiger charge is -2.17. The lowest BCUT2D eigenvalue weighted by molar-refractivity contribution is 0.741. The number of nitrogen functional groups attached to an aromatic ring is 1. The van der Waals surface area contributed by atoms with Crippen LogP contribution in [0, 0.1) is 0 Å². The van der Waals surface area contributed by atoms with Gasteiger partial charge in [0, 0.05) is 0 Å². The molecule has 88 valence electrons. The first-order chi connectivity index (χ1) is 8.29. The van der Waals surface area contributed by atoms with Crippen molar-refractivity contribution in [1.82, 2.24) is 10.2 Å². The fourth-order valence-corrected chi connectivity index (χ4v) is 1.70. The highest BCUT2D eigenvalue weighted by molar-refractivity contribution is 5.41. The third-order valence-electron chi connectivity index (χ3n) is 2.62. The molecule has 1 heterocycles. The van der Waals surface area contributed by atoms with Gasteiger partial charge in [-0.25, -0.2) is 0 Å². The van der Waals surface area contributed by atoms with Crippen LogP contribution in [0.2, 0.25) is 0 Å². The molecule has 0 aliphatic heterocycles. The zero-order chi connectivity index (χ0) is 12.1. The molecule has 0 spiro atoms. The van der Waals surface area contributed by atoms with Crippen LogP contribution in [-0.4, -0.2) is 10.2 Å². The minimum Gasteiger partial charge on any atom is -0.382 e. The predicted octanol–water partition coefficient (Wildman–Crippen LogP) is 2.62. The third kappa shape index (κ3) is 2.93. The summed E-state index contributed by atoms with van der Waals surface area (Å²) in [6.45, 7) is 2.13. The second-order valence-corrected chi connectivity index (χ2v) is 3.86. The number of anilines is 2. The molecule has 1 aromatic heterocycles. The topological polar surface area (TPSA) is 63.8 Å². The van der Waals surface area contributed by atoms with E-state index in [4.69, 9.17) is 5.73 Å². The smallest absolute Gasteiger partial charge is 0.149 e. The number of hydrogen-bond acceptors (Lipinski definition) is 4. The van der Waals surface area contributed by atoms with E-state index in [-0.39, 0.29) is 6.04 Å². The van der Waals surface area contributed by atoms with E-state index in [0.717, 1.165) is 12.2 Å². The summed E-state index contributed by atoms with van der Waals surface area (Å²) in [4.78, 5) is 0. The van der Waals surface area contributed by atoms with Gasteiger partial charge in [0.2, 0.25) is 0 Å². The minimum absolute atomic E-state index is 0.245. The zero-order valence-corrected chi connectivity index (χ0v) is 9.80. The summed E-state index contributed by atoms with van der Waals surface area (Å²) in [5.74, 6) is 1.18. The fourth-order valence-electron chi connectivity index (χ4n) is 1.70. The molecule has 4 heteroatoms. The van der Waals surface area contributed by atoms with Gasteiger partial charge in [0.05, 0.1) is 6.04 Å². The first-order valence-electron chi connectivity index (χ1n) is 5.70. The molecule has 2 aromatic rings. The Balaban J connectivity index is 2.13. The highest BCUT2D eigenvalue weighted by Gasteiger charge is 2.08. The van der Waals surface area contributed by atoms with Gasteiger partial charge in [0.25, 0.3) is 0 Å². The van der Waals surface area contributed by atoms with Gasteiger partial charge in [0.15, 0.2) is 0 Å². The largest absolute Gasteiger partial charge is 0.382 e. The molecule has 4 nitrogen and oxygen atoms in total. The molecular formula is C13H16N4. The molecule has 3 N–H and O–H groups in total. The van der Waals surface area contributed by atoms with Gasteiger partial charge >= 0.3 is 0 Å². The highest BCUT2D eigenvalue weighted by atomic mass is 15.2. The average Bonchev–Trinajstić information content (AvgIpc) is 2.39. The van der Waals surface area contributed by atoms with Gasteiger partial charge < -0.3 is 11.1 Å². The maximum absolute atomic E-state index is 5.50. The van der Waals surface area contributed by atoms with E-state index in [1.54, 1.807) is 6.07 Å². The second-order valence-electron chi connectivity index (χ2n) is 3.86. The summed E-state index contributed by atoms with van der Waals surface area (Å²) in [5, 5.41) is 11.2. The SMILES string of the molecule is CCC(Nc1ccc(N)nn1)c1ccccc1. The monoisotopic (exact) mass is 228 g/mol. The molecular weight excluding hydrogens is 212 g/mol. The van der Waals surface area contributed by atoms with E-state index in [1.165, 1.54) is 5.56 Å². The predicted molar refractivity (Wildman–Crippen MR) is 69.5 cm³/mol. The quantitative estimate of drug-likeness (QED) is 0.844. The Morgan fingerprint density at radius 3 is 2.47 bits per heavy atom. The summed E-state index contributed by atoms with van der Waals surface area (Å²) in [5.41, 5.74) is 6.74. The molecule has 1 unspecified atom stereocenters. The molecule has 0 bridgehead atoms. The summed E-state index contributed by atoms with van der Waals surface area (Å²) in [6, 6.07) is 14.1. The van der Waals surface area contributed by atoms with Crippen molar-refractivity contribution in [2.75, 3.05) is 11.1 Å². The van der Waals surface area contributed by atoms with Crippen LogP contribution in [0.1, 0.15) is 24.9 Å². The molecule has 1 atom stereocenters. The van der Waals surface area contributed by atoms with Crippen molar-refractivity contribution < 1.29 is 0 Å². The van der Waals surface area contributed by atoms with Gasteiger partial charge in [-0.05, 0) is 24.1 Å². The van der Waals surface area contributed by atoms with Crippen LogP contribution in [0.15, 0.2) is 42.5 Å². The van der Waals surface area contributed by atoms with Crippen LogP contribution in [0.5, 0.6) is 0 Å². The minimum atomic E-state index is 0.245. The molecule has 0 aliphatic rings. The zero-order valence-electron chi connectivity index (χ0n) is 9.80. The van der Waals surface area contributed by atoms with Gasteiger partial charge in [0.1, 0.15) is 11.6 Å². The van der Waals surface area contributed by atoms with E-state index in [1.807, 2.05) is 24.3 Å². The van der Waals surface area contributed by atoms with Crippen LogP contribution in [0.25, 0.3) is 0 Å². The second kappa shape index (κ2) is 5.30. The van der Waals surface area contributed by atoms with Gasteiger partial charge in [-0.2, -0.15) is 0 Å². The van der Waals surface area contributed by atoms with E-state index in [2.05, 4.69) is 34.6 Å². The number of aromatic nitrogens is 2. The van der Waals surface area contributed by atoms with E-state index < -0.39 is 0 Å². The van der Waals surface area contributed by atoms with E-state index in [9.17, 15) is 0 Å². The molecule has 17 heavy (non-hydrogen) atoms. The Hall–Kier alpha value is -2.10. The number of nitrogens with zero attached hydrogens (tertiary/aromatic N) is 2. The van der Waals surface area contributed by atoms with Gasteiger partial charge in [-0.3, -0.25) is 0 Å². The summed E-state index contributed by atoms with van der Waals surface area (Å²) < 4.78 is 0. The molecule has 0 fully saturated rings. The van der Waals surface area contributed by atoms with E-state index >= 15 is 0 Å². The van der Waals surface area contributed by atoms with Crippen molar-refractivity contribution >= 4 is 11.6 Å². The Labute approximate surface area is 101 Å². The van der Waals surface area contributed by atoms with Crippen molar-refractivity contribution in [3.63, 3.8) is 0 Å². The summed E-state index contributed by atoms with van der Waals surface area (Å²) in [6.07, 6.45) is 0.982. The molecule has 0 aliphatic carbocycles. The molecule has 0 saturated heterocycles. The number of benzene rings is 1. The Bertz CT molecular complexity index is 453. The van der Waals surface area contributed by atoms with Crippen LogP contribution in [0.4, 0.5) is 11.6 Å². The number of rotatable bonds is 4. The first-order valence-corrected chi connectivity index (χ1v) is 5.70. The van der Waals surface area contributed by atoms with Gasteiger partial charge in [-0.1, -0.05) is 37.3 Å². The molecule has 1 aromatic carbocycles. The van der Waals surface area contributed by atoms with Gasteiger partial charge in [-0.15, -0.1) is 10.2 Å². The summed E-state index contributed by atoms with van der Waals surface area (Å²) in [7, 11) is 0. The van der Waals surface area contributed by atoms with Crippen molar-refractivity contribution in [3.8, 4) is 0 Å². The Kier molecular flexibility index (Phi) is 3.55. The standard InChI is InChI=1S/C13H16N4/c1-2-11(10-6-4-3-5-7-10)15-13-9-8-12(14)16-17-13/h3-9,11H,2H2,1H3,(H2,14,16)(H,15,17). The number of hydrogen-bond donors (Lipinski definition) is 2. The fraction of sp³-hybridized carbons (Fsp3) is 0.231. The third-order valence-corrected chi connectivity index (χ3v) is 2.62. The van der Waals surface area contributed by atoms with Crippen molar-refractivity contribution in [2.24, 2.45) is 0 Å². The Morgan fingerprint density at radius 1 is 1.12 bits per heavy atom. The van der Waals surface area contributed by atoms with Crippen molar-refractivity contribution in [1.29, 1.82) is 0 Å².